The van der Waals surface area contributed by atoms with Crippen molar-refractivity contribution in [2.24, 2.45) is 5.41 Å². The number of carbonyl (C=O) groups is 1. The van der Waals surface area contributed by atoms with Crippen LogP contribution in [0, 0.1) is 5.41 Å². The Bertz CT molecular complexity index is 492. The molecular formula is C17H24N2O. The minimum Gasteiger partial charge on any atom is -0.354 e. The first-order chi connectivity index (χ1) is 9.66. The van der Waals surface area contributed by atoms with Gasteiger partial charge in [-0.3, -0.25) is 4.79 Å². The summed E-state index contributed by atoms with van der Waals surface area (Å²) in [7, 11) is 0. The van der Waals surface area contributed by atoms with E-state index in [2.05, 4.69) is 41.8 Å². The van der Waals surface area contributed by atoms with E-state index >= 15 is 0 Å². The first-order valence-corrected chi connectivity index (χ1v) is 7.74. The van der Waals surface area contributed by atoms with E-state index in [1.54, 1.807) is 0 Å². The minimum atomic E-state index is -0.0742. The molecule has 3 rings (SSSR count). The monoisotopic (exact) mass is 272 g/mol. The van der Waals surface area contributed by atoms with Crippen molar-refractivity contribution < 1.29 is 4.79 Å². The van der Waals surface area contributed by atoms with Crippen molar-refractivity contribution in [2.45, 2.75) is 51.6 Å². The second-order valence-corrected chi connectivity index (χ2v) is 6.64. The maximum absolute atomic E-state index is 12.3. The average Bonchev–Trinajstić information content (AvgIpc) is 2.91. The van der Waals surface area contributed by atoms with Gasteiger partial charge in [0.2, 0.25) is 5.91 Å². The van der Waals surface area contributed by atoms with Crippen molar-refractivity contribution >= 4 is 5.91 Å². The third kappa shape index (κ3) is 2.88. The Labute approximate surface area is 121 Å². The molecule has 2 N–H and O–H groups in total. The summed E-state index contributed by atoms with van der Waals surface area (Å²) >= 11 is 0. The van der Waals surface area contributed by atoms with E-state index < -0.39 is 0 Å². The second-order valence-electron chi connectivity index (χ2n) is 6.64. The lowest BCUT2D eigenvalue weighted by Crippen LogP contribution is -2.49. The molecule has 0 saturated heterocycles. The fraction of sp³-hybridized carbons (Fsp3) is 0.588. The van der Waals surface area contributed by atoms with Crippen molar-refractivity contribution in [3.8, 4) is 0 Å². The summed E-state index contributed by atoms with van der Waals surface area (Å²) < 4.78 is 0. The first-order valence-electron chi connectivity index (χ1n) is 7.74. The molecule has 1 aromatic carbocycles. The summed E-state index contributed by atoms with van der Waals surface area (Å²) in [6.45, 7) is 3.92. The number of carbonyl (C=O) groups excluding carboxylic acids is 1. The Balaban J connectivity index is 1.56. The van der Waals surface area contributed by atoms with Crippen molar-refractivity contribution in [1.29, 1.82) is 0 Å². The Morgan fingerprint density at radius 3 is 2.75 bits per heavy atom. The van der Waals surface area contributed by atoms with E-state index in [4.69, 9.17) is 0 Å². The Hall–Kier alpha value is -1.35. The standard InChI is InChI=1S/C17H24N2O/c1-17(8-4-5-9-17)12-19-16(20)15-10-13-6-2-3-7-14(13)11-18-15/h2-3,6-7,15,18H,4-5,8-12H2,1H3,(H,19,20). The van der Waals surface area contributed by atoms with Crippen LogP contribution in [0.1, 0.15) is 43.7 Å². The molecule has 2 aliphatic rings. The maximum Gasteiger partial charge on any atom is 0.237 e. The van der Waals surface area contributed by atoms with Crippen LogP contribution in [0.15, 0.2) is 24.3 Å². The summed E-state index contributed by atoms with van der Waals surface area (Å²) in [5.41, 5.74) is 2.94. The number of hydrogen-bond acceptors (Lipinski definition) is 2. The molecule has 1 aliphatic heterocycles. The summed E-state index contributed by atoms with van der Waals surface area (Å²) in [6, 6.07) is 8.31. The molecule has 1 unspecified atom stereocenters. The van der Waals surface area contributed by atoms with Gasteiger partial charge in [-0.1, -0.05) is 44.0 Å². The molecule has 20 heavy (non-hydrogen) atoms. The summed E-state index contributed by atoms with van der Waals surface area (Å²) in [4.78, 5) is 12.3. The number of rotatable bonds is 3. The molecule has 1 amide bonds. The quantitative estimate of drug-likeness (QED) is 0.887. The van der Waals surface area contributed by atoms with Gasteiger partial charge in [0.05, 0.1) is 6.04 Å². The number of hydrogen-bond donors (Lipinski definition) is 2. The highest BCUT2D eigenvalue weighted by Crippen LogP contribution is 2.36. The lowest BCUT2D eigenvalue weighted by Gasteiger charge is -2.28. The highest BCUT2D eigenvalue weighted by atomic mass is 16.2. The van der Waals surface area contributed by atoms with Crippen molar-refractivity contribution in [3.05, 3.63) is 35.4 Å². The Morgan fingerprint density at radius 2 is 2.00 bits per heavy atom. The predicted molar refractivity (Wildman–Crippen MR) is 80.4 cm³/mol. The van der Waals surface area contributed by atoms with Crippen LogP contribution < -0.4 is 10.6 Å². The van der Waals surface area contributed by atoms with E-state index in [1.807, 2.05) is 0 Å². The molecular weight excluding hydrogens is 248 g/mol. The number of nitrogens with one attached hydrogen (secondary N) is 2. The molecule has 1 atom stereocenters. The molecule has 0 aromatic heterocycles. The number of fused-ring (bicyclic) bond motifs is 1. The maximum atomic E-state index is 12.3. The number of benzene rings is 1. The number of amides is 1. The lowest BCUT2D eigenvalue weighted by molar-refractivity contribution is -0.123. The molecule has 0 radical (unpaired) electrons. The first kappa shape index (κ1) is 13.6. The minimum absolute atomic E-state index is 0.0742. The molecule has 1 saturated carbocycles. The molecule has 0 bridgehead atoms. The smallest absolute Gasteiger partial charge is 0.237 e. The van der Waals surface area contributed by atoms with Gasteiger partial charge in [0.25, 0.3) is 0 Å². The predicted octanol–water partition coefficient (Wildman–Crippen LogP) is 2.40. The van der Waals surface area contributed by atoms with E-state index in [1.165, 1.54) is 36.8 Å². The zero-order valence-electron chi connectivity index (χ0n) is 12.2. The lowest BCUT2D eigenvalue weighted by atomic mass is 9.88. The summed E-state index contributed by atoms with van der Waals surface area (Å²) in [5.74, 6) is 0.160. The van der Waals surface area contributed by atoms with Crippen LogP contribution in [0.25, 0.3) is 0 Å². The highest BCUT2D eigenvalue weighted by molar-refractivity contribution is 5.82. The van der Waals surface area contributed by atoms with Crippen LogP contribution in [0.3, 0.4) is 0 Å². The van der Waals surface area contributed by atoms with Crippen LogP contribution in [-0.2, 0) is 17.8 Å². The molecule has 108 valence electrons. The molecule has 1 fully saturated rings. The van der Waals surface area contributed by atoms with E-state index in [9.17, 15) is 4.79 Å². The largest absolute Gasteiger partial charge is 0.354 e. The summed E-state index contributed by atoms with van der Waals surface area (Å²) in [5, 5.41) is 6.52. The zero-order valence-corrected chi connectivity index (χ0v) is 12.2. The van der Waals surface area contributed by atoms with Crippen LogP contribution >= 0.6 is 0 Å². The topological polar surface area (TPSA) is 41.1 Å². The van der Waals surface area contributed by atoms with Gasteiger partial charge in [0.15, 0.2) is 0 Å². The summed E-state index contributed by atoms with van der Waals surface area (Å²) in [6.07, 6.45) is 5.91. The Morgan fingerprint density at radius 1 is 1.30 bits per heavy atom. The van der Waals surface area contributed by atoms with Crippen LogP contribution in [0.4, 0.5) is 0 Å². The van der Waals surface area contributed by atoms with Gasteiger partial charge in [-0.25, -0.2) is 0 Å². The van der Waals surface area contributed by atoms with Crippen molar-refractivity contribution in [3.63, 3.8) is 0 Å². The molecule has 1 aromatic rings. The second kappa shape index (κ2) is 5.57. The Kier molecular flexibility index (Phi) is 3.79. The van der Waals surface area contributed by atoms with Crippen LogP contribution in [0.5, 0.6) is 0 Å². The van der Waals surface area contributed by atoms with E-state index in [0.29, 0.717) is 5.41 Å². The van der Waals surface area contributed by atoms with E-state index in [-0.39, 0.29) is 11.9 Å². The highest BCUT2D eigenvalue weighted by Gasteiger charge is 2.30. The van der Waals surface area contributed by atoms with Gasteiger partial charge in [-0.05, 0) is 35.8 Å². The fourth-order valence-electron chi connectivity index (χ4n) is 3.47. The zero-order chi connectivity index (χ0) is 14.0. The van der Waals surface area contributed by atoms with Crippen molar-refractivity contribution in [1.82, 2.24) is 10.6 Å². The van der Waals surface area contributed by atoms with Gasteiger partial charge in [-0.2, -0.15) is 0 Å². The molecule has 1 heterocycles. The molecule has 3 heteroatoms. The van der Waals surface area contributed by atoms with Gasteiger partial charge >= 0.3 is 0 Å². The third-order valence-corrected chi connectivity index (χ3v) is 4.90. The SMILES string of the molecule is CC1(CNC(=O)C2Cc3ccccc3CN2)CCCC1. The van der Waals surface area contributed by atoms with Gasteiger partial charge in [0, 0.05) is 13.1 Å². The molecule has 3 nitrogen and oxygen atoms in total. The van der Waals surface area contributed by atoms with Crippen LogP contribution in [-0.4, -0.2) is 18.5 Å². The molecule has 0 spiro atoms. The van der Waals surface area contributed by atoms with Crippen molar-refractivity contribution in [2.75, 3.05) is 6.54 Å². The molecule has 1 aliphatic carbocycles. The average molecular weight is 272 g/mol. The van der Waals surface area contributed by atoms with Gasteiger partial charge in [0.1, 0.15) is 0 Å². The third-order valence-electron chi connectivity index (χ3n) is 4.90. The fourth-order valence-corrected chi connectivity index (χ4v) is 3.47. The van der Waals surface area contributed by atoms with E-state index in [0.717, 1.165) is 19.5 Å². The normalized spacial score (nSPS) is 24.1. The van der Waals surface area contributed by atoms with Crippen LogP contribution in [0.2, 0.25) is 0 Å². The van der Waals surface area contributed by atoms with Gasteiger partial charge in [-0.15, -0.1) is 0 Å². The van der Waals surface area contributed by atoms with Gasteiger partial charge < -0.3 is 10.6 Å².